The van der Waals surface area contributed by atoms with Crippen molar-refractivity contribution < 1.29 is 0 Å². The topological polar surface area (TPSA) is 0 Å². The van der Waals surface area contributed by atoms with Crippen molar-refractivity contribution in [1.29, 1.82) is 0 Å². The zero-order chi connectivity index (χ0) is 0. The van der Waals surface area contributed by atoms with Crippen LogP contribution in [0, 0.1) is 0 Å². The molecule has 0 N–H and O–H groups in total. The van der Waals surface area contributed by atoms with Crippen LogP contribution in [0.25, 0.3) is 0 Å². The van der Waals surface area contributed by atoms with Crippen molar-refractivity contribution in [1.82, 2.24) is 0 Å². The summed E-state index contributed by atoms with van der Waals surface area (Å²) < 4.78 is 0. The Hall–Kier alpha value is 5.93. The molecule has 0 rings (SSSR count). The molecule has 0 bridgehead atoms. The quantitative estimate of drug-likeness (QED) is 0.233. The molecule has 0 aromatic rings. The van der Waals surface area contributed by atoms with E-state index in [-0.39, 0.29) is 205 Å². The maximum atomic E-state index is 0. The first-order valence-electron chi connectivity index (χ1n) is 0. The first-order valence-corrected chi connectivity index (χ1v) is 0. The molecule has 0 radical (unpaired) electrons. The predicted molar refractivity (Wildman–Crippen MR) is 94.4 cm³/mol. The molecule has 0 saturated heterocycles. The smallest absolute Gasteiger partial charge is 2.00 e. The van der Waals surface area contributed by atoms with Gasteiger partial charge in [0, 0.05) is 0 Å². The maximum absolute atomic E-state index is 0. The van der Waals surface area contributed by atoms with E-state index in [4.69, 9.17) is 0 Å². The van der Waals surface area contributed by atoms with Gasteiger partial charge in [0.25, 0.3) is 0 Å². The van der Waals surface area contributed by atoms with E-state index in [1.807, 2.05) is 0 Å². The molecule has 0 amide bonds. The Labute approximate surface area is 201 Å². The van der Waals surface area contributed by atoms with Gasteiger partial charge in [0.15, 0.2) is 0 Å². The zero-order valence-corrected chi connectivity index (χ0v) is 27.1. The monoisotopic (exact) mass is 665 g/mol. The van der Waals surface area contributed by atoms with Gasteiger partial charge in [0.1, 0.15) is 0 Å². The van der Waals surface area contributed by atoms with Gasteiger partial charge in [0.2, 0.25) is 0 Å². The molecule has 0 aromatic carbocycles. The number of hydrogen-bond acceptors (Lipinski definition) is 0. The van der Waals surface area contributed by atoms with Crippen LogP contribution in [0.4, 0.5) is 0 Å². The summed E-state index contributed by atoms with van der Waals surface area (Å²) in [6, 6.07) is 0. The summed E-state index contributed by atoms with van der Waals surface area (Å²) in [5.41, 5.74) is 0. The van der Waals surface area contributed by atoms with Gasteiger partial charge in [-0.2, -0.15) is 0 Å². The fourth-order valence-electron chi connectivity index (χ4n) is 0. The van der Waals surface area contributed by atoms with Crippen LogP contribution in [0.5, 0.6) is 0 Å². The fourth-order valence-corrected chi connectivity index (χ4v) is 0. The molecule has 0 aromatic heterocycles. The Morgan fingerprint density at radius 1 is 0.308 bits per heavy atom. The van der Waals surface area contributed by atoms with E-state index in [0.29, 0.717) is 0 Å². The SMILES string of the molecule is [AsH3].[AsH3].[Ga+3].[Ga+3].[Ge+4].[Ge+4].[S-2].[S-2].[S-2].[S-2].[S-2].[S-2].[S-2]. The summed E-state index contributed by atoms with van der Waals surface area (Å²) in [6.07, 6.45) is 0. The van der Waals surface area contributed by atoms with Gasteiger partial charge in [0.05, 0.1) is 0 Å². The molecule has 2 unspecified atom stereocenters. The van der Waals surface area contributed by atoms with E-state index in [1.165, 1.54) is 0 Å². The third-order valence-electron chi connectivity index (χ3n) is 0. The first-order chi connectivity index (χ1) is 0. The average Bonchev–Trinajstić information content (AvgIpc) is 0. The molecule has 0 aliphatic rings. The van der Waals surface area contributed by atoms with Crippen molar-refractivity contribution in [3.8, 4) is 0 Å². The molecule has 0 fully saturated rings. The van der Waals surface area contributed by atoms with Crippen LogP contribution in [0.15, 0.2) is 0 Å². The van der Waals surface area contributed by atoms with Gasteiger partial charge in [-0.25, -0.2) is 0 Å². The van der Waals surface area contributed by atoms with Crippen molar-refractivity contribution >= 4 is 205 Å². The molecule has 13 heteroatoms. The van der Waals surface area contributed by atoms with Crippen molar-refractivity contribution in [3.63, 3.8) is 0 Å². The molecular formula is H6As2Ga2Ge2S7. The normalized spacial score (nSPS) is 0. The molecule has 13 heavy (non-hydrogen) atoms. The van der Waals surface area contributed by atoms with Gasteiger partial charge in [-0.1, -0.05) is 0 Å². The van der Waals surface area contributed by atoms with Gasteiger partial charge < -0.3 is 94.5 Å². The second-order valence-corrected chi connectivity index (χ2v) is 0. The first kappa shape index (κ1) is 173. The van der Waals surface area contributed by atoms with E-state index in [9.17, 15) is 0 Å². The predicted octanol–water partition coefficient (Wildman–Crippen LogP) is -3.91. The van der Waals surface area contributed by atoms with Crippen LogP contribution in [0.3, 0.4) is 0 Å². The number of rotatable bonds is 0. The molecule has 0 heterocycles. The molecule has 72 valence electrons. The van der Waals surface area contributed by atoms with E-state index in [0.717, 1.165) is 0 Å². The Balaban J connectivity index is 0. The molecule has 0 aliphatic heterocycles. The summed E-state index contributed by atoms with van der Waals surface area (Å²) in [4.78, 5) is 0. The summed E-state index contributed by atoms with van der Waals surface area (Å²) in [5.74, 6) is 0. The van der Waals surface area contributed by atoms with Gasteiger partial charge >= 0.3 is 111 Å². The van der Waals surface area contributed by atoms with E-state index in [2.05, 4.69) is 0 Å². The minimum atomic E-state index is 0. The molecule has 0 spiro atoms. The molecule has 0 aliphatic carbocycles. The second-order valence-electron chi connectivity index (χ2n) is 0. The minimum Gasteiger partial charge on any atom is -2.00 e. The van der Waals surface area contributed by atoms with Crippen molar-refractivity contribution in [2.75, 3.05) is 0 Å². The molecule has 0 nitrogen and oxygen atoms in total. The maximum Gasteiger partial charge on any atom is 4.00 e. The van der Waals surface area contributed by atoms with Crippen LogP contribution >= 0.6 is 0 Å². The van der Waals surface area contributed by atoms with Crippen molar-refractivity contribution in [2.45, 2.75) is 0 Å². The van der Waals surface area contributed by atoms with Crippen molar-refractivity contribution in [3.05, 3.63) is 0 Å². The van der Waals surface area contributed by atoms with Gasteiger partial charge in [-0.15, -0.1) is 0 Å². The summed E-state index contributed by atoms with van der Waals surface area (Å²) in [5, 5.41) is 0. The van der Waals surface area contributed by atoms with Gasteiger partial charge in [-0.3, -0.25) is 0 Å². The van der Waals surface area contributed by atoms with Crippen LogP contribution in [-0.2, 0) is 94.5 Å². The fraction of sp³-hybridized carbons (Fsp3) is 0. The third-order valence-corrected chi connectivity index (χ3v) is 0. The number of hydrogen-bond donors (Lipinski definition) is 0. The van der Waals surface area contributed by atoms with Crippen LogP contribution in [0.2, 0.25) is 0 Å². The van der Waals surface area contributed by atoms with E-state index in [1.54, 1.807) is 0 Å². The van der Waals surface area contributed by atoms with Crippen LogP contribution in [0.1, 0.15) is 0 Å². The van der Waals surface area contributed by atoms with Crippen LogP contribution < -0.4 is 0 Å². The minimum absolute atomic E-state index is 0. The van der Waals surface area contributed by atoms with E-state index >= 15 is 0 Å². The van der Waals surface area contributed by atoms with E-state index < -0.39 is 0 Å². The zero-order valence-electron chi connectivity index (χ0n) is 6.43. The third kappa shape index (κ3) is 129. The van der Waals surface area contributed by atoms with Crippen molar-refractivity contribution in [2.24, 2.45) is 0 Å². The Kier molecular flexibility index (Phi) is 1950. The molecular weight excluding hydrogens is 659 g/mol. The largest absolute Gasteiger partial charge is 4.00 e. The second kappa shape index (κ2) is 146. The summed E-state index contributed by atoms with van der Waals surface area (Å²) in [6.45, 7) is 0. The van der Waals surface area contributed by atoms with Gasteiger partial charge in [-0.05, 0) is 0 Å². The molecule has 2 atom stereocenters. The Bertz CT molecular complexity index is 22.5. The average molecular weight is 665 g/mol. The van der Waals surface area contributed by atoms with Crippen LogP contribution in [-0.4, -0.2) is 111 Å². The summed E-state index contributed by atoms with van der Waals surface area (Å²) >= 11 is 0. The standard InChI is InChI=1S/2AsH3.2Ga.2Ge.7S/h2*1H3;;;;;;;;;;;/q;;2*+3;2*+4;7*-2. The summed E-state index contributed by atoms with van der Waals surface area (Å²) in [7, 11) is 0. The Morgan fingerprint density at radius 3 is 0.308 bits per heavy atom. The molecule has 0 saturated carbocycles. The Morgan fingerprint density at radius 2 is 0.308 bits per heavy atom.